The molecule has 27 heavy (non-hydrogen) atoms. The van der Waals surface area contributed by atoms with Crippen LogP contribution in [0.25, 0.3) is 11.1 Å². The number of urea groups is 1. The molecule has 3 heterocycles. The van der Waals surface area contributed by atoms with Crippen molar-refractivity contribution in [2.45, 2.75) is 56.7 Å². The third kappa shape index (κ3) is 2.98. The number of aromatic nitrogens is 1. The van der Waals surface area contributed by atoms with E-state index in [1.807, 2.05) is 0 Å². The second-order valence-electron chi connectivity index (χ2n) is 7.73. The molecule has 2 aliphatic heterocycles. The molecule has 1 aliphatic carbocycles. The topological polar surface area (TPSA) is 88.4 Å². The fourth-order valence-corrected chi connectivity index (χ4v) is 4.86. The molecule has 1 saturated carbocycles. The van der Waals surface area contributed by atoms with Gasteiger partial charge in [0.1, 0.15) is 5.52 Å². The number of rotatable bonds is 3. The fraction of sp³-hybridized carbons (Fsp3) is 0.579. The second kappa shape index (κ2) is 6.65. The Kier molecular flexibility index (Phi) is 4.26. The quantitative estimate of drug-likeness (QED) is 0.744. The highest BCUT2D eigenvalue weighted by molar-refractivity contribution is 6.35. The lowest BCUT2D eigenvalue weighted by Crippen LogP contribution is -2.52. The van der Waals surface area contributed by atoms with Gasteiger partial charge in [-0.1, -0.05) is 30.9 Å². The zero-order valence-electron chi connectivity index (χ0n) is 15.1. The number of anilines is 1. The number of hydrogen-bond acceptors (Lipinski definition) is 5. The Morgan fingerprint density at radius 3 is 2.96 bits per heavy atom. The van der Waals surface area contributed by atoms with Gasteiger partial charge in [0.15, 0.2) is 5.58 Å². The zero-order valence-corrected chi connectivity index (χ0v) is 15.8. The van der Waals surface area contributed by atoms with Gasteiger partial charge >= 0.3 is 6.03 Å². The van der Waals surface area contributed by atoms with Crippen LogP contribution >= 0.6 is 11.6 Å². The van der Waals surface area contributed by atoms with Crippen molar-refractivity contribution in [3.05, 3.63) is 22.5 Å². The van der Waals surface area contributed by atoms with Gasteiger partial charge in [0.2, 0.25) is 5.89 Å². The van der Waals surface area contributed by atoms with Crippen LogP contribution in [0.1, 0.15) is 50.0 Å². The van der Waals surface area contributed by atoms with Crippen LogP contribution in [0.3, 0.4) is 0 Å². The van der Waals surface area contributed by atoms with Crippen molar-refractivity contribution in [1.29, 1.82) is 0 Å². The van der Waals surface area contributed by atoms with Crippen LogP contribution in [-0.4, -0.2) is 30.3 Å². The first kappa shape index (κ1) is 17.3. The van der Waals surface area contributed by atoms with Gasteiger partial charge in [-0.3, -0.25) is 0 Å². The molecule has 0 radical (unpaired) electrons. The summed E-state index contributed by atoms with van der Waals surface area (Å²) in [5.74, 6) is 0.629. The first-order chi connectivity index (χ1) is 13.1. The Morgan fingerprint density at radius 2 is 2.19 bits per heavy atom. The van der Waals surface area contributed by atoms with E-state index in [2.05, 4.69) is 20.9 Å². The third-order valence-electron chi connectivity index (χ3n) is 5.93. The number of halogens is 1. The zero-order chi connectivity index (χ0) is 18.4. The van der Waals surface area contributed by atoms with Gasteiger partial charge in [-0.15, -0.1) is 0 Å². The standard InChI is InChI=1S/C19H23ClN4O3/c20-12-8-13-17(27-14(22-13)9-21-11-4-7-26-10-11)15-16(12)23-18(25)24-19(15)5-2-1-3-6-19/h8,11,21H,1-7,9-10H2,(H2,23,24,25)/t11-/m0/s1. The van der Waals surface area contributed by atoms with Crippen LogP contribution in [-0.2, 0) is 16.8 Å². The highest BCUT2D eigenvalue weighted by Gasteiger charge is 2.44. The number of nitrogens with one attached hydrogen (secondary N) is 3. The van der Waals surface area contributed by atoms with Crippen LogP contribution in [0.4, 0.5) is 10.5 Å². The third-order valence-corrected chi connectivity index (χ3v) is 6.22. The van der Waals surface area contributed by atoms with E-state index >= 15 is 0 Å². The van der Waals surface area contributed by atoms with Gasteiger partial charge < -0.3 is 25.1 Å². The van der Waals surface area contributed by atoms with E-state index in [1.54, 1.807) is 6.07 Å². The Balaban J connectivity index is 1.56. The Labute approximate surface area is 162 Å². The number of nitrogens with zero attached hydrogens (tertiary/aromatic N) is 1. The molecular formula is C19H23ClN4O3. The highest BCUT2D eigenvalue weighted by Crippen LogP contribution is 2.48. The van der Waals surface area contributed by atoms with E-state index in [1.165, 1.54) is 6.42 Å². The van der Waals surface area contributed by atoms with E-state index in [-0.39, 0.29) is 6.03 Å². The number of benzene rings is 1. The van der Waals surface area contributed by atoms with Gasteiger partial charge in [0, 0.05) is 18.2 Å². The maximum absolute atomic E-state index is 12.3. The van der Waals surface area contributed by atoms with Crippen LogP contribution in [0.2, 0.25) is 5.02 Å². The molecule has 1 spiro atoms. The van der Waals surface area contributed by atoms with Crippen molar-refractivity contribution in [3.8, 4) is 0 Å². The van der Waals surface area contributed by atoms with E-state index in [9.17, 15) is 4.79 Å². The molecule has 0 bridgehead atoms. The summed E-state index contributed by atoms with van der Waals surface area (Å²) in [4.78, 5) is 16.9. The van der Waals surface area contributed by atoms with Crippen molar-refractivity contribution < 1.29 is 13.9 Å². The van der Waals surface area contributed by atoms with Gasteiger partial charge in [-0.05, 0) is 25.3 Å². The fourth-order valence-electron chi connectivity index (χ4n) is 4.62. The van der Waals surface area contributed by atoms with Crippen molar-refractivity contribution in [2.75, 3.05) is 18.5 Å². The second-order valence-corrected chi connectivity index (χ2v) is 8.13. The van der Waals surface area contributed by atoms with Crippen molar-refractivity contribution >= 4 is 34.4 Å². The molecule has 144 valence electrons. The first-order valence-corrected chi connectivity index (χ1v) is 10.1. The summed E-state index contributed by atoms with van der Waals surface area (Å²) in [6.07, 6.45) is 6.09. The Bertz CT molecular complexity index is 885. The summed E-state index contributed by atoms with van der Waals surface area (Å²) in [5, 5.41) is 9.98. The molecule has 2 fully saturated rings. The molecule has 1 aromatic heterocycles. The molecule has 1 atom stereocenters. The van der Waals surface area contributed by atoms with Crippen molar-refractivity contribution in [2.24, 2.45) is 0 Å². The van der Waals surface area contributed by atoms with Crippen LogP contribution in [0, 0.1) is 0 Å². The Hall–Kier alpha value is -1.83. The largest absolute Gasteiger partial charge is 0.439 e. The van der Waals surface area contributed by atoms with Crippen molar-refractivity contribution in [1.82, 2.24) is 15.6 Å². The summed E-state index contributed by atoms with van der Waals surface area (Å²) in [7, 11) is 0. The van der Waals surface area contributed by atoms with Gasteiger partial charge in [-0.2, -0.15) is 0 Å². The summed E-state index contributed by atoms with van der Waals surface area (Å²) < 4.78 is 11.6. The first-order valence-electron chi connectivity index (χ1n) is 9.67. The lowest BCUT2D eigenvalue weighted by molar-refractivity contribution is 0.189. The summed E-state index contributed by atoms with van der Waals surface area (Å²) in [6, 6.07) is 1.92. The monoisotopic (exact) mass is 390 g/mol. The summed E-state index contributed by atoms with van der Waals surface area (Å²) >= 11 is 6.52. The molecule has 1 saturated heterocycles. The smallest absolute Gasteiger partial charge is 0.319 e. The minimum absolute atomic E-state index is 0.201. The van der Waals surface area contributed by atoms with Gasteiger partial charge in [0.25, 0.3) is 0 Å². The minimum Gasteiger partial charge on any atom is -0.439 e. The van der Waals surface area contributed by atoms with Crippen LogP contribution in [0.15, 0.2) is 10.5 Å². The minimum atomic E-state index is -0.428. The van der Waals surface area contributed by atoms with E-state index < -0.39 is 5.54 Å². The molecule has 8 heteroatoms. The number of oxazole rings is 1. The van der Waals surface area contributed by atoms with E-state index in [0.29, 0.717) is 29.2 Å². The van der Waals surface area contributed by atoms with Crippen molar-refractivity contribution in [3.63, 3.8) is 0 Å². The van der Waals surface area contributed by atoms with Crippen LogP contribution < -0.4 is 16.0 Å². The average Bonchev–Trinajstić information content (AvgIpc) is 3.30. The number of carbonyl (C=O) groups excluding carboxylic acids is 1. The number of amides is 2. The molecule has 7 nitrogen and oxygen atoms in total. The molecule has 2 amide bonds. The predicted molar refractivity (Wildman–Crippen MR) is 102 cm³/mol. The SMILES string of the molecule is O=C1Nc2c(Cl)cc3nc(CN[C@H]4CCOC4)oc3c2C2(CCCCC2)N1. The van der Waals surface area contributed by atoms with Crippen LogP contribution in [0.5, 0.6) is 0 Å². The molecule has 2 aromatic rings. The lowest BCUT2D eigenvalue weighted by atomic mass is 9.74. The number of ether oxygens (including phenoxy) is 1. The molecule has 3 N–H and O–H groups in total. The number of hydrogen-bond donors (Lipinski definition) is 3. The average molecular weight is 391 g/mol. The predicted octanol–water partition coefficient (Wildman–Crippen LogP) is 3.65. The van der Waals surface area contributed by atoms with E-state index in [0.717, 1.165) is 62.0 Å². The Morgan fingerprint density at radius 1 is 1.33 bits per heavy atom. The maximum atomic E-state index is 12.3. The normalized spacial score (nSPS) is 24.0. The van der Waals surface area contributed by atoms with Gasteiger partial charge in [-0.25, -0.2) is 9.78 Å². The molecule has 0 unspecified atom stereocenters. The molecule has 1 aromatic carbocycles. The number of fused-ring (bicyclic) bond motifs is 4. The number of carbonyl (C=O) groups is 1. The molecule has 5 rings (SSSR count). The summed E-state index contributed by atoms with van der Waals surface area (Å²) in [6.45, 7) is 2.06. The van der Waals surface area contributed by atoms with Gasteiger partial charge in [0.05, 0.1) is 29.4 Å². The lowest BCUT2D eigenvalue weighted by Gasteiger charge is -2.42. The molecule has 3 aliphatic rings. The summed E-state index contributed by atoms with van der Waals surface area (Å²) in [5.41, 5.74) is 2.65. The highest BCUT2D eigenvalue weighted by atomic mass is 35.5. The maximum Gasteiger partial charge on any atom is 0.319 e. The molecular weight excluding hydrogens is 368 g/mol. The van der Waals surface area contributed by atoms with E-state index in [4.69, 9.17) is 20.8 Å².